The van der Waals surface area contributed by atoms with Crippen molar-refractivity contribution in [1.29, 1.82) is 5.26 Å². The average Bonchev–Trinajstić information content (AvgIpc) is 2.61. The Labute approximate surface area is 152 Å². The highest BCUT2D eigenvalue weighted by molar-refractivity contribution is 5.70. The molecule has 2 rings (SSSR count). The van der Waals surface area contributed by atoms with Gasteiger partial charge in [0, 0.05) is 17.7 Å². The number of nitrogens with one attached hydrogen (secondary N) is 1. The summed E-state index contributed by atoms with van der Waals surface area (Å²) in [6.45, 7) is 4.48. The number of carbonyl (C=O) groups is 1. The maximum Gasteiger partial charge on any atom is 0.305 e. The monoisotopic (exact) mass is 354 g/mol. The SMILES string of the molecule is CCOC(=O)CCCCOc1ccc(-c2cc(C)[nH]c(=O)c2C#N)cc1. The van der Waals surface area contributed by atoms with Crippen LogP contribution in [-0.2, 0) is 9.53 Å². The van der Waals surface area contributed by atoms with Crippen molar-refractivity contribution in [2.75, 3.05) is 13.2 Å². The molecule has 0 saturated heterocycles. The van der Waals surface area contributed by atoms with Gasteiger partial charge in [-0.2, -0.15) is 5.26 Å². The highest BCUT2D eigenvalue weighted by Crippen LogP contribution is 2.24. The normalized spacial score (nSPS) is 10.2. The maximum atomic E-state index is 11.9. The number of esters is 1. The van der Waals surface area contributed by atoms with Gasteiger partial charge in [0.2, 0.25) is 0 Å². The number of aromatic amines is 1. The first-order valence-corrected chi connectivity index (χ1v) is 8.58. The molecule has 1 aromatic heterocycles. The molecule has 2 aromatic rings. The third-order valence-electron chi connectivity index (χ3n) is 3.79. The van der Waals surface area contributed by atoms with Crippen molar-refractivity contribution in [3.63, 3.8) is 0 Å². The van der Waals surface area contributed by atoms with Crippen LogP contribution in [0.25, 0.3) is 11.1 Å². The first-order valence-electron chi connectivity index (χ1n) is 8.58. The molecule has 26 heavy (non-hydrogen) atoms. The third kappa shape index (κ3) is 5.21. The average molecular weight is 354 g/mol. The predicted molar refractivity (Wildman–Crippen MR) is 97.9 cm³/mol. The van der Waals surface area contributed by atoms with Gasteiger partial charge >= 0.3 is 5.97 Å². The minimum Gasteiger partial charge on any atom is -0.494 e. The molecule has 0 radical (unpaired) electrons. The number of aromatic nitrogens is 1. The first kappa shape index (κ1) is 19.3. The zero-order valence-electron chi connectivity index (χ0n) is 15.0. The molecule has 136 valence electrons. The van der Waals surface area contributed by atoms with E-state index in [4.69, 9.17) is 9.47 Å². The lowest BCUT2D eigenvalue weighted by Gasteiger charge is -2.09. The molecular formula is C20H22N2O4. The molecule has 0 aliphatic carbocycles. The van der Waals surface area contributed by atoms with Crippen LogP contribution in [0.3, 0.4) is 0 Å². The number of rotatable bonds is 8. The van der Waals surface area contributed by atoms with E-state index in [2.05, 4.69) is 4.98 Å². The highest BCUT2D eigenvalue weighted by atomic mass is 16.5. The summed E-state index contributed by atoms with van der Waals surface area (Å²) < 4.78 is 10.5. The number of pyridine rings is 1. The Bertz CT molecular complexity index is 848. The minimum atomic E-state index is -0.385. The van der Waals surface area contributed by atoms with E-state index in [-0.39, 0.29) is 17.1 Å². The van der Waals surface area contributed by atoms with Gasteiger partial charge in [0.05, 0.1) is 13.2 Å². The van der Waals surface area contributed by atoms with Crippen molar-refractivity contribution in [3.8, 4) is 22.9 Å². The summed E-state index contributed by atoms with van der Waals surface area (Å²) in [6, 6.07) is 11.0. The van der Waals surface area contributed by atoms with Crippen LogP contribution in [0.4, 0.5) is 0 Å². The lowest BCUT2D eigenvalue weighted by Crippen LogP contribution is -2.12. The second-order valence-electron chi connectivity index (χ2n) is 5.82. The van der Waals surface area contributed by atoms with E-state index in [1.165, 1.54) is 0 Å². The predicted octanol–water partition coefficient (Wildman–Crippen LogP) is 3.33. The molecule has 6 heteroatoms. The smallest absolute Gasteiger partial charge is 0.305 e. The Morgan fingerprint density at radius 2 is 1.96 bits per heavy atom. The molecule has 0 bridgehead atoms. The third-order valence-corrected chi connectivity index (χ3v) is 3.79. The summed E-state index contributed by atoms with van der Waals surface area (Å²) in [5.41, 5.74) is 1.80. The van der Waals surface area contributed by atoms with Gasteiger partial charge in [-0.15, -0.1) is 0 Å². The fraction of sp³-hybridized carbons (Fsp3) is 0.350. The summed E-state index contributed by atoms with van der Waals surface area (Å²) in [5, 5.41) is 9.22. The van der Waals surface area contributed by atoms with E-state index in [1.807, 2.05) is 18.2 Å². The molecule has 1 N–H and O–H groups in total. The molecule has 6 nitrogen and oxygen atoms in total. The zero-order chi connectivity index (χ0) is 18.9. The van der Waals surface area contributed by atoms with Crippen molar-refractivity contribution < 1.29 is 14.3 Å². The van der Waals surface area contributed by atoms with Gasteiger partial charge < -0.3 is 14.5 Å². The first-order chi connectivity index (χ1) is 12.5. The Kier molecular flexibility index (Phi) is 6.98. The van der Waals surface area contributed by atoms with Crippen LogP contribution in [0.1, 0.15) is 37.4 Å². The summed E-state index contributed by atoms with van der Waals surface area (Å²) in [5.74, 6) is 0.517. The van der Waals surface area contributed by atoms with Gasteiger partial charge in [0.15, 0.2) is 0 Å². The second-order valence-corrected chi connectivity index (χ2v) is 5.82. The van der Waals surface area contributed by atoms with Gasteiger partial charge in [-0.1, -0.05) is 12.1 Å². The Morgan fingerprint density at radius 1 is 1.23 bits per heavy atom. The van der Waals surface area contributed by atoms with E-state index < -0.39 is 0 Å². The summed E-state index contributed by atoms with van der Waals surface area (Å²) in [6.07, 6.45) is 1.87. The quantitative estimate of drug-likeness (QED) is 0.580. The number of ether oxygens (including phenoxy) is 2. The van der Waals surface area contributed by atoms with Gasteiger partial charge in [-0.05, 0) is 50.5 Å². The van der Waals surface area contributed by atoms with E-state index in [9.17, 15) is 14.9 Å². The van der Waals surface area contributed by atoms with Crippen LogP contribution in [0.5, 0.6) is 5.75 Å². The molecule has 1 heterocycles. The van der Waals surface area contributed by atoms with Crippen molar-refractivity contribution >= 4 is 5.97 Å². The standard InChI is InChI=1S/C20H22N2O4/c1-3-25-19(23)6-4-5-11-26-16-9-7-15(8-10-16)17-12-14(2)22-20(24)18(17)13-21/h7-10,12H,3-6,11H2,1-2H3,(H,22,24). The molecule has 0 atom stereocenters. The topological polar surface area (TPSA) is 92.2 Å². The van der Waals surface area contributed by atoms with Crippen LogP contribution in [0.15, 0.2) is 35.1 Å². The lowest BCUT2D eigenvalue weighted by molar-refractivity contribution is -0.143. The molecule has 0 saturated carbocycles. The van der Waals surface area contributed by atoms with Crippen LogP contribution < -0.4 is 10.3 Å². The maximum absolute atomic E-state index is 11.9. The molecule has 0 aliphatic heterocycles. The Balaban J connectivity index is 1.94. The molecule has 0 aliphatic rings. The zero-order valence-corrected chi connectivity index (χ0v) is 15.0. The number of H-pyrrole nitrogens is 1. The number of unbranched alkanes of at least 4 members (excludes halogenated alkanes) is 1. The number of aryl methyl sites for hydroxylation is 1. The van der Waals surface area contributed by atoms with Gasteiger partial charge in [0.25, 0.3) is 5.56 Å². The van der Waals surface area contributed by atoms with Gasteiger partial charge in [-0.3, -0.25) is 9.59 Å². The summed E-state index contributed by atoms with van der Waals surface area (Å²) in [4.78, 5) is 25.8. The van der Waals surface area contributed by atoms with E-state index >= 15 is 0 Å². The molecular weight excluding hydrogens is 332 g/mol. The highest BCUT2D eigenvalue weighted by Gasteiger charge is 2.10. The molecule has 0 amide bonds. The van der Waals surface area contributed by atoms with Crippen molar-refractivity contribution in [2.24, 2.45) is 0 Å². The number of nitrogens with zero attached hydrogens (tertiary/aromatic N) is 1. The molecule has 0 unspecified atom stereocenters. The molecule has 1 aromatic carbocycles. The summed E-state index contributed by atoms with van der Waals surface area (Å²) >= 11 is 0. The second kappa shape index (κ2) is 9.42. The van der Waals surface area contributed by atoms with Crippen LogP contribution in [0, 0.1) is 18.3 Å². The largest absolute Gasteiger partial charge is 0.494 e. The van der Waals surface area contributed by atoms with E-state index in [1.54, 1.807) is 32.0 Å². The van der Waals surface area contributed by atoms with E-state index in [0.717, 1.165) is 12.0 Å². The molecule has 0 spiro atoms. The van der Waals surface area contributed by atoms with Crippen LogP contribution in [-0.4, -0.2) is 24.2 Å². The molecule has 0 fully saturated rings. The Morgan fingerprint density at radius 3 is 2.62 bits per heavy atom. The van der Waals surface area contributed by atoms with Crippen molar-refractivity contribution in [2.45, 2.75) is 33.1 Å². The van der Waals surface area contributed by atoms with E-state index in [0.29, 0.717) is 43.1 Å². The van der Waals surface area contributed by atoms with Crippen LogP contribution in [0.2, 0.25) is 0 Å². The lowest BCUT2D eigenvalue weighted by atomic mass is 10.0. The fourth-order valence-corrected chi connectivity index (χ4v) is 2.55. The number of hydrogen-bond donors (Lipinski definition) is 1. The minimum absolute atomic E-state index is 0.100. The van der Waals surface area contributed by atoms with Crippen molar-refractivity contribution in [3.05, 3.63) is 51.9 Å². The number of benzene rings is 1. The fourth-order valence-electron chi connectivity index (χ4n) is 2.55. The Hall–Kier alpha value is -3.07. The van der Waals surface area contributed by atoms with Gasteiger partial charge in [-0.25, -0.2) is 0 Å². The van der Waals surface area contributed by atoms with Crippen LogP contribution >= 0.6 is 0 Å². The van der Waals surface area contributed by atoms with Crippen molar-refractivity contribution in [1.82, 2.24) is 4.98 Å². The van der Waals surface area contributed by atoms with Gasteiger partial charge in [0.1, 0.15) is 17.4 Å². The number of nitriles is 1. The summed E-state index contributed by atoms with van der Waals surface area (Å²) in [7, 11) is 0. The number of carbonyl (C=O) groups excluding carboxylic acids is 1. The number of hydrogen-bond acceptors (Lipinski definition) is 5.